The summed E-state index contributed by atoms with van der Waals surface area (Å²) in [5.74, 6) is 1.02. The summed E-state index contributed by atoms with van der Waals surface area (Å²) in [6.07, 6.45) is 9.16. The van der Waals surface area contributed by atoms with Crippen LogP contribution in [0.15, 0.2) is 30.3 Å². The topological polar surface area (TPSA) is 23.5 Å². The van der Waals surface area contributed by atoms with Gasteiger partial charge in [-0.15, -0.1) is 0 Å². The van der Waals surface area contributed by atoms with Gasteiger partial charge < -0.3 is 5.11 Å². The molecule has 21 heavy (non-hydrogen) atoms. The zero-order valence-corrected chi connectivity index (χ0v) is 14.1. The lowest BCUT2D eigenvalue weighted by atomic mass is 10.1. The molecule has 0 saturated carbocycles. The highest BCUT2D eigenvalue weighted by molar-refractivity contribution is 7.80. The van der Waals surface area contributed by atoms with Crippen molar-refractivity contribution < 1.29 is 5.11 Å². The Morgan fingerprint density at radius 2 is 1.43 bits per heavy atom. The molecule has 0 spiro atoms. The Bertz CT molecular complexity index is 331. The smallest absolute Gasteiger partial charge is 0.0558 e. The fraction of sp³-hybridized carbons (Fsp3) is 0.667. The summed E-state index contributed by atoms with van der Waals surface area (Å²) in [5, 5.41) is 9.19. The van der Waals surface area contributed by atoms with E-state index in [0.717, 1.165) is 25.4 Å². The molecule has 0 atom stereocenters. The highest BCUT2D eigenvalue weighted by Gasteiger charge is 2.04. The lowest BCUT2D eigenvalue weighted by molar-refractivity contribution is 0.187. The number of hydrogen-bond donors (Lipinski definition) is 2. The second-order valence-electron chi connectivity index (χ2n) is 5.68. The summed E-state index contributed by atoms with van der Waals surface area (Å²) in [7, 11) is 0. The molecule has 0 heterocycles. The molecule has 1 aromatic rings. The van der Waals surface area contributed by atoms with Gasteiger partial charge in [0.05, 0.1) is 6.61 Å². The van der Waals surface area contributed by atoms with Crippen molar-refractivity contribution in [3.63, 3.8) is 0 Å². The third-order valence-corrected chi connectivity index (χ3v) is 4.11. The molecule has 2 nitrogen and oxygen atoms in total. The lowest BCUT2D eigenvalue weighted by Gasteiger charge is -2.21. The van der Waals surface area contributed by atoms with Gasteiger partial charge in [-0.2, -0.15) is 12.6 Å². The van der Waals surface area contributed by atoms with Crippen molar-refractivity contribution in [3.8, 4) is 0 Å². The van der Waals surface area contributed by atoms with Gasteiger partial charge in [-0.1, -0.05) is 62.4 Å². The van der Waals surface area contributed by atoms with Gasteiger partial charge in [-0.25, -0.2) is 0 Å². The van der Waals surface area contributed by atoms with Crippen LogP contribution < -0.4 is 0 Å². The second kappa shape index (κ2) is 13.2. The Hall–Kier alpha value is -0.510. The summed E-state index contributed by atoms with van der Waals surface area (Å²) in [5.41, 5.74) is 1.33. The fourth-order valence-corrected chi connectivity index (χ4v) is 2.81. The van der Waals surface area contributed by atoms with Crippen molar-refractivity contribution >= 4 is 12.6 Å². The molecule has 1 rings (SSSR count). The van der Waals surface area contributed by atoms with Crippen LogP contribution in [-0.4, -0.2) is 35.5 Å². The van der Waals surface area contributed by atoms with Gasteiger partial charge >= 0.3 is 0 Å². The standard InChI is InChI=1S/C18H31NOS/c20-15-14-19(17-18-11-7-6-8-12-18)13-9-4-2-1-3-5-10-16-21/h6-8,11-12,20-21H,1-5,9-10,13-17H2. The van der Waals surface area contributed by atoms with Crippen LogP contribution in [0.2, 0.25) is 0 Å². The average Bonchev–Trinajstić information content (AvgIpc) is 2.51. The molecule has 1 N–H and O–H groups in total. The summed E-state index contributed by atoms with van der Waals surface area (Å²) >= 11 is 4.24. The number of aliphatic hydroxyl groups is 1. The van der Waals surface area contributed by atoms with Crippen molar-refractivity contribution in [1.82, 2.24) is 4.90 Å². The SMILES string of the molecule is OCCN(CCCCCCCCCS)Cc1ccccc1. The molecule has 120 valence electrons. The molecular weight excluding hydrogens is 278 g/mol. The molecule has 0 saturated heterocycles. The number of nitrogens with zero attached hydrogens (tertiary/aromatic N) is 1. The number of hydrogen-bond acceptors (Lipinski definition) is 3. The molecule has 0 aromatic heterocycles. The van der Waals surface area contributed by atoms with E-state index in [2.05, 4.69) is 41.8 Å². The van der Waals surface area contributed by atoms with E-state index in [9.17, 15) is 5.11 Å². The third kappa shape index (κ3) is 9.94. The van der Waals surface area contributed by atoms with Crippen LogP contribution in [0.1, 0.15) is 50.5 Å². The number of unbranched alkanes of at least 4 members (excludes halogenated alkanes) is 6. The van der Waals surface area contributed by atoms with Gasteiger partial charge in [0.25, 0.3) is 0 Å². The Labute approximate surface area is 136 Å². The molecular formula is C18H31NOS. The molecule has 0 radical (unpaired) electrons. The molecule has 0 fully saturated rings. The molecule has 0 aliphatic carbocycles. The van der Waals surface area contributed by atoms with Gasteiger partial charge in [0.1, 0.15) is 0 Å². The van der Waals surface area contributed by atoms with Crippen molar-refractivity contribution in [1.29, 1.82) is 0 Å². The second-order valence-corrected chi connectivity index (χ2v) is 6.13. The molecule has 0 amide bonds. The van der Waals surface area contributed by atoms with Crippen LogP contribution >= 0.6 is 12.6 Å². The van der Waals surface area contributed by atoms with Gasteiger partial charge in [-0.05, 0) is 30.7 Å². The van der Waals surface area contributed by atoms with Crippen LogP contribution in [0, 0.1) is 0 Å². The number of rotatable bonds is 13. The quantitative estimate of drug-likeness (QED) is 0.422. The van der Waals surface area contributed by atoms with E-state index in [1.807, 2.05) is 6.07 Å². The zero-order chi connectivity index (χ0) is 15.2. The lowest BCUT2D eigenvalue weighted by Crippen LogP contribution is -2.27. The first-order valence-electron chi connectivity index (χ1n) is 8.35. The monoisotopic (exact) mass is 309 g/mol. The maximum atomic E-state index is 9.19. The minimum Gasteiger partial charge on any atom is -0.395 e. The average molecular weight is 310 g/mol. The first kappa shape index (κ1) is 18.5. The first-order valence-corrected chi connectivity index (χ1v) is 8.98. The Kier molecular flexibility index (Phi) is 11.6. The summed E-state index contributed by atoms with van der Waals surface area (Å²) in [4.78, 5) is 2.36. The van der Waals surface area contributed by atoms with E-state index < -0.39 is 0 Å². The highest BCUT2D eigenvalue weighted by Crippen LogP contribution is 2.10. The fourth-order valence-electron chi connectivity index (χ4n) is 2.58. The van der Waals surface area contributed by atoms with E-state index in [4.69, 9.17) is 0 Å². The Morgan fingerprint density at radius 3 is 2.05 bits per heavy atom. The van der Waals surface area contributed by atoms with Gasteiger partial charge in [0, 0.05) is 13.1 Å². The maximum Gasteiger partial charge on any atom is 0.0558 e. The van der Waals surface area contributed by atoms with E-state index in [-0.39, 0.29) is 6.61 Å². The van der Waals surface area contributed by atoms with Crippen molar-refractivity contribution in [2.75, 3.05) is 25.4 Å². The predicted molar refractivity (Wildman–Crippen MR) is 95.0 cm³/mol. The number of aliphatic hydroxyl groups excluding tert-OH is 1. The normalized spacial score (nSPS) is 11.2. The van der Waals surface area contributed by atoms with E-state index in [1.54, 1.807) is 0 Å². The number of benzene rings is 1. The van der Waals surface area contributed by atoms with Gasteiger partial charge in [0.15, 0.2) is 0 Å². The predicted octanol–water partition coefficient (Wildman–Crippen LogP) is 4.14. The molecule has 0 bridgehead atoms. The Balaban J connectivity index is 2.11. The molecule has 1 aromatic carbocycles. The van der Waals surface area contributed by atoms with Crippen molar-refractivity contribution in [2.45, 2.75) is 51.5 Å². The van der Waals surface area contributed by atoms with Crippen LogP contribution in [0.3, 0.4) is 0 Å². The van der Waals surface area contributed by atoms with Crippen LogP contribution in [0.4, 0.5) is 0 Å². The van der Waals surface area contributed by atoms with Crippen molar-refractivity contribution in [3.05, 3.63) is 35.9 Å². The van der Waals surface area contributed by atoms with E-state index >= 15 is 0 Å². The molecule has 3 heteroatoms. The summed E-state index contributed by atoms with van der Waals surface area (Å²) < 4.78 is 0. The van der Waals surface area contributed by atoms with Crippen molar-refractivity contribution in [2.24, 2.45) is 0 Å². The minimum atomic E-state index is 0.247. The largest absolute Gasteiger partial charge is 0.395 e. The number of thiol groups is 1. The van der Waals surface area contributed by atoms with E-state index in [1.165, 1.54) is 50.5 Å². The summed E-state index contributed by atoms with van der Waals surface area (Å²) in [6, 6.07) is 10.5. The molecule has 0 unspecified atom stereocenters. The van der Waals surface area contributed by atoms with Crippen LogP contribution in [0.5, 0.6) is 0 Å². The van der Waals surface area contributed by atoms with Crippen LogP contribution in [0.25, 0.3) is 0 Å². The first-order chi connectivity index (χ1) is 10.4. The molecule has 0 aliphatic heterocycles. The minimum absolute atomic E-state index is 0.247. The Morgan fingerprint density at radius 1 is 0.810 bits per heavy atom. The van der Waals surface area contributed by atoms with E-state index in [0.29, 0.717) is 0 Å². The molecule has 0 aliphatic rings. The third-order valence-electron chi connectivity index (χ3n) is 3.80. The zero-order valence-electron chi connectivity index (χ0n) is 13.2. The summed E-state index contributed by atoms with van der Waals surface area (Å²) in [6.45, 7) is 3.06. The van der Waals surface area contributed by atoms with Gasteiger partial charge in [-0.3, -0.25) is 4.90 Å². The van der Waals surface area contributed by atoms with Gasteiger partial charge in [0.2, 0.25) is 0 Å². The highest BCUT2D eigenvalue weighted by atomic mass is 32.1. The van der Waals surface area contributed by atoms with Crippen LogP contribution in [-0.2, 0) is 6.54 Å². The maximum absolute atomic E-state index is 9.19.